The third-order valence-electron chi connectivity index (χ3n) is 8.05. The van der Waals surface area contributed by atoms with E-state index in [-0.39, 0.29) is 34.6 Å². The molecule has 2 saturated carbocycles. The van der Waals surface area contributed by atoms with Gasteiger partial charge in [0.2, 0.25) is 0 Å². The van der Waals surface area contributed by atoms with Gasteiger partial charge in [-0.15, -0.1) is 0 Å². The molecular formula is C20H32O3. The minimum atomic E-state index is -0.384. The van der Waals surface area contributed by atoms with E-state index in [1.54, 1.807) is 0 Å². The number of hydrogen-bond acceptors (Lipinski definition) is 3. The van der Waals surface area contributed by atoms with Crippen LogP contribution in [0.3, 0.4) is 0 Å². The number of ether oxygens (including phenoxy) is 1. The van der Waals surface area contributed by atoms with Gasteiger partial charge in [-0.2, -0.15) is 0 Å². The smallest absolute Gasteiger partial charge is 0.0869 e. The van der Waals surface area contributed by atoms with Crippen molar-refractivity contribution in [3.05, 3.63) is 11.6 Å². The van der Waals surface area contributed by atoms with Gasteiger partial charge in [0.25, 0.3) is 0 Å². The Kier molecular flexibility index (Phi) is 3.38. The van der Waals surface area contributed by atoms with Crippen molar-refractivity contribution in [3.8, 4) is 0 Å². The third-order valence-corrected chi connectivity index (χ3v) is 8.05. The standard InChI is InChI=1S/C20H32O3/c1-18(2)7-5-8-19(3)13-6-9-20(4)15(22)11-23-17(20)12(13)10-14(21)16(18)19/h10,13-17,21-22H,5-9,11H2,1-4H3/t13-,14-,15+,16-,17+,19+,20+/m1/s1. The van der Waals surface area contributed by atoms with E-state index in [4.69, 9.17) is 4.74 Å². The van der Waals surface area contributed by atoms with Gasteiger partial charge in [0.15, 0.2) is 0 Å². The first-order valence-electron chi connectivity index (χ1n) is 9.39. The topological polar surface area (TPSA) is 49.7 Å². The summed E-state index contributed by atoms with van der Waals surface area (Å²) in [5.41, 5.74) is 1.46. The molecule has 3 fully saturated rings. The monoisotopic (exact) mass is 320 g/mol. The van der Waals surface area contributed by atoms with E-state index in [2.05, 4.69) is 33.8 Å². The summed E-state index contributed by atoms with van der Waals surface area (Å²) in [7, 11) is 0. The molecule has 0 unspecified atom stereocenters. The van der Waals surface area contributed by atoms with Crippen LogP contribution in [-0.4, -0.2) is 35.1 Å². The van der Waals surface area contributed by atoms with Gasteiger partial charge >= 0.3 is 0 Å². The van der Waals surface area contributed by atoms with E-state index in [0.717, 1.165) is 12.8 Å². The molecule has 130 valence electrons. The Bertz CT molecular complexity index is 539. The fraction of sp³-hybridized carbons (Fsp3) is 0.900. The largest absolute Gasteiger partial charge is 0.390 e. The summed E-state index contributed by atoms with van der Waals surface area (Å²) in [6.07, 6.45) is 7.16. The molecule has 23 heavy (non-hydrogen) atoms. The van der Waals surface area contributed by atoms with Gasteiger partial charge in [0.1, 0.15) is 0 Å². The highest BCUT2D eigenvalue weighted by molar-refractivity contribution is 5.31. The van der Waals surface area contributed by atoms with E-state index >= 15 is 0 Å². The Hall–Kier alpha value is -0.380. The van der Waals surface area contributed by atoms with Crippen LogP contribution < -0.4 is 0 Å². The molecule has 3 nitrogen and oxygen atoms in total. The number of fused-ring (bicyclic) bond motifs is 5. The maximum absolute atomic E-state index is 11.0. The lowest BCUT2D eigenvalue weighted by Gasteiger charge is -2.61. The van der Waals surface area contributed by atoms with E-state index < -0.39 is 0 Å². The lowest BCUT2D eigenvalue weighted by Crippen LogP contribution is -2.58. The lowest BCUT2D eigenvalue weighted by molar-refractivity contribution is -0.116. The van der Waals surface area contributed by atoms with Crippen molar-refractivity contribution in [2.24, 2.45) is 28.1 Å². The van der Waals surface area contributed by atoms with Crippen molar-refractivity contribution < 1.29 is 14.9 Å². The molecule has 7 atom stereocenters. The summed E-state index contributed by atoms with van der Waals surface area (Å²) in [6.45, 7) is 9.68. The van der Waals surface area contributed by atoms with Gasteiger partial charge in [-0.05, 0) is 53.9 Å². The molecule has 1 heterocycles. The van der Waals surface area contributed by atoms with Gasteiger partial charge in [-0.3, -0.25) is 0 Å². The molecular weight excluding hydrogens is 288 g/mol. The Balaban J connectivity index is 1.79. The van der Waals surface area contributed by atoms with E-state index in [0.29, 0.717) is 18.4 Å². The molecule has 2 N–H and O–H groups in total. The molecule has 3 heteroatoms. The zero-order valence-corrected chi connectivity index (χ0v) is 15.0. The second-order valence-corrected chi connectivity index (χ2v) is 9.81. The number of aliphatic hydroxyl groups excluding tert-OH is 2. The molecule has 0 radical (unpaired) electrons. The molecule has 1 saturated heterocycles. The van der Waals surface area contributed by atoms with Gasteiger partial charge in [0.05, 0.1) is 24.9 Å². The minimum absolute atomic E-state index is 0.00582. The van der Waals surface area contributed by atoms with E-state index in [1.165, 1.54) is 24.8 Å². The van der Waals surface area contributed by atoms with Crippen LogP contribution in [0.25, 0.3) is 0 Å². The number of aliphatic hydroxyl groups is 2. The quantitative estimate of drug-likeness (QED) is 0.673. The van der Waals surface area contributed by atoms with Crippen molar-refractivity contribution in [1.82, 2.24) is 0 Å². The zero-order valence-electron chi connectivity index (χ0n) is 15.0. The highest BCUT2D eigenvalue weighted by Gasteiger charge is 2.61. The van der Waals surface area contributed by atoms with Gasteiger partial charge < -0.3 is 14.9 Å². The van der Waals surface area contributed by atoms with Crippen molar-refractivity contribution >= 4 is 0 Å². The molecule has 0 bridgehead atoms. The summed E-state index contributed by atoms with van der Waals surface area (Å²) in [5, 5.41) is 21.4. The second-order valence-electron chi connectivity index (χ2n) is 9.81. The molecule has 4 rings (SSSR count). The normalized spacial score (nSPS) is 54.7. The first kappa shape index (κ1) is 16.1. The van der Waals surface area contributed by atoms with Crippen LogP contribution >= 0.6 is 0 Å². The zero-order chi connectivity index (χ0) is 16.6. The molecule has 4 aliphatic rings. The van der Waals surface area contributed by atoms with E-state index in [9.17, 15) is 10.2 Å². The molecule has 0 aromatic heterocycles. The van der Waals surface area contributed by atoms with Gasteiger partial charge in [-0.25, -0.2) is 0 Å². The fourth-order valence-corrected chi connectivity index (χ4v) is 6.90. The SMILES string of the molecule is CC1(C)CCC[C@@]2(C)[C@@H]3CC[C@@]4(C)[C@@H](O)CO[C@H]4C3=C[C@@H](O)[C@H]12. The van der Waals surface area contributed by atoms with Gasteiger partial charge in [0, 0.05) is 5.41 Å². The Morgan fingerprint density at radius 3 is 2.52 bits per heavy atom. The van der Waals surface area contributed by atoms with Crippen LogP contribution in [-0.2, 0) is 4.74 Å². The highest BCUT2D eigenvalue weighted by atomic mass is 16.5. The highest BCUT2D eigenvalue weighted by Crippen LogP contribution is 2.64. The van der Waals surface area contributed by atoms with Crippen molar-refractivity contribution in [2.75, 3.05) is 6.61 Å². The summed E-state index contributed by atoms with van der Waals surface area (Å²) in [6, 6.07) is 0. The van der Waals surface area contributed by atoms with Crippen LogP contribution in [0.2, 0.25) is 0 Å². The second kappa shape index (κ2) is 4.83. The maximum Gasteiger partial charge on any atom is 0.0869 e. The minimum Gasteiger partial charge on any atom is -0.390 e. The van der Waals surface area contributed by atoms with Gasteiger partial charge in [-0.1, -0.05) is 40.2 Å². The lowest BCUT2D eigenvalue weighted by atomic mass is 9.44. The summed E-state index contributed by atoms with van der Waals surface area (Å²) >= 11 is 0. The first-order chi connectivity index (χ1) is 10.7. The van der Waals surface area contributed by atoms with Crippen LogP contribution in [0, 0.1) is 28.1 Å². The number of hydrogen-bond donors (Lipinski definition) is 2. The Morgan fingerprint density at radius 2 is 1.78 bits per heavy atom. The average molecular weight is 320 g/mol. The van der Waals surface area contributed by atoms with Crippen molar-refractivity contribution in [3.63, 3.8) is 0 Å². The predicted molar refractivity (Wildman–Crippen MR) is 89.9 cm³/mol. The molecule has 3 aliphatic carbocycles. The first-order valence-corrected chi connectivity index (χ1v) is 9.39. The maximum atomic E-state index is 11.0. The molecule has 0 amide bonds. The predicted octanol–water partition coefficient (Wildman–Crippen LogP) is 3.30. The van der Waals surface area contributed by atoms with Crippen LogP contribution in [0.1, 0.15) is 59.8 Å². The van der Waals surface area contributed by atoms with Crippen molar-refractivity contribution in [2.45, 2.75) is 78.1 Å². The van der Waals surface area contributed by atoms with E-state index in [1.807, 2.05) is 0 Å². The van der Waals surface area contributed by atoms with Crippen LogP contribution in [0.15, 0.2) is 11.6 Å². The number of rotatable bonds is 0. The molecule has 0 spiro atoms. The Morgan fingerprint density at radius 1 is 1.04 bits per heavy atom. The fourth-order valence-electron chi connectivity index (χ4n) is 6.90. The summed E-state index contributed by atoms with van der Waals surface area (Å²) < 4.78 is 6.04. The van der Waals surface area contributed by atoms with Crippen molar-refractivity contribution in [1.29, 1.82) is 0 Å². The molecule has 0 aromatic rings. The third kappa shape index (κ3) is 1.99. The summed E-state index contributed by atoms with van der Waals surface area (Å²) in [5.74, 6) is 0.826. The molecule has 0 aromatic carbocycles. The molecule has 1 aliphatic heterocycles. The summed E-state index contributed by atoms with van der Waals surface area (Å²) in [4.78, 5) is 0. The average Bonchev–Trinajstić information content (AvgIpc) is 2.73. The Labute approximate surface area is 140 Å². The van der Waals surface area contributed by atoms with Crippen LogP contribution in [0.4, 0.5) is 0 Å². The van der Waals surface area contributed by atoms with Crippen LogP contribution in [0.5, 0.6) is 0 Å².